The summed E-state index contributed by atoms with van der Waals surface area (Å²) in [6.45, 7) is 11.3. The highest BCUT2D eigenvalue weighted by molar-refractivity contribution is 7.23. The Kier molecular flexibility index (Phi) is 6.75. The van der Waals surface area contributed by atoms with E-state index in [-0.39, 0.29) is 69.5 Å². The number of nitrogens with zero attached hydrogens (tertiary/aromatic N) is 5. The molecule has 0 radical (unpaired) electrons. The Bertz CT molecular complexity index is 2160. The summed E-state index contributed by atoms with van der Waals surface area (Å²) in [5, 5.41) is 13.7. The van der Waals surface area contributed by atoms with Crippen molar-refractivity contribution in [2.45, 2.75) is 96.4 Å². The molecule has 1 aliphatic carbocycles. The van der Waals surface area contributed by atoms with Gasteiger partial charge in [0.2, 0.25) is 0 Å². The van der Waals surface area contributed by atoms with Gasteiger partial charge in [-0.2, -0.15) is 5.26 Å². The summed E-state index contributed by atoms with van der Waals surface area (Å²) in [6.07, 6.45) is 1.88. The summed E-state index contributed by atoms with van der Waals surface area (Å²) in [7, 11) is 0. The van der Waals surface area contributed by atoms with E-state index in [1.54, 1.807) is 20.8 Å². The molecule has 49 heavy (non-hydrogen) atoms. The summed E-state index contributed by atoms with van der Waals surface area (Å²) in [4.78, 5) is 38.7. The lowest BCUT2D eigenvalue weighted by Crippen LogP contribution is -2.97. The molecule has 1 N–H and O–H groups in total. The predicted octanol–water partition coefficient (Wildman–Crippen LogP) is 7.38. The number of ether oxygens (including phenoxy) is 3. The Balaban J connectivity index is 1.24. The molecule has 5 heterocycles. The number of hydrogen-bond donors (Lipinski definition) is 1. The van der Waals surface area contributed by atoms with E-state index in [9.17, 15) is 14.9 Å². The molecule has 4 aliphatic rings. The van der Waals surface area contributed by atoms with Crippen LogP contribution in [0.5, 0.6) is 0 Å². The molecule has 3 aliphatic heterocycles. The lowest BCUT2D eigenvalue weighted by molar-refractivity contribution is -0.166. The first kappa shape index (κ1) is 31.6. The lowest BCUT2D eigenvalue weighted by Gasteiger charge is -2.80. The van der Waals surface area contributed by atoms with Crippen molar-refractivity contribution in [3.05, 3.63) is 46.8 Å². The standard InChI is InChI=1S/C35H34F2N6O5S/c1-33(2,3)47-31(44)41-30-16(11-38)23-20(49-30)8-7-19(36)26(23)24-17-13-46-14-18(17)25-28(27(24)37)39-15-40-29(25)43-21-9-10-35(21)22(43)12-42(35)32(45)48-34(4,5)6/h7-8,15,21-22H,9-10,12-14H2,1-6H3,(H,41,44). The molecule has 4 aromatic rings. The predicted molar refractivity (Wildman–Crippen MR) is 178 cm³/mol. The van der Waals surface area contributed by atoms with Gasteiger partial charge in [-0.15, -0.1) is 11.3 Å². The van der Waals surface area contributed by atoms with Crippen molar-refractivity contribution in [1.29, 1.82) is 5.26 Å². The number of nitrogens with one attached hydrogen (secondary N) is 1. The van der Waals surface area contributed by atoms with Crippen molar-refractivity contribution in [3.8, 4) is 17.2 Å². The number of amides is 2. The van der Waals surface area contributed by atoms with Crippen LogP contribution < -0.4 is 10.2 Å². The van der Waals surface area contributed by atoms with Gasteiger partial charge in [-0.1, -0.05) is 0 Å². The molecule has 2 aromatic heterocycles. The number of thiophene rings is 1. The van der Waals surface area contributed by atoms with Crippen LogP contribution in [-0.4, -0.2) is 62.4 Å². The smallest absolute Gasteiger partial charge is 0.412 e. The number of carbonyl (C=O) groups is 2. The molecule has 0 bridgehead atoms. The molecule has 1 spiro atoms. The molecular weight excluding hydrogens is 654 g/mol. The summed E-state index contributed by atoms with van der Waals surface area (Å²) < 4.78 is 50.5. The number of anilines is 2. The fraction of sp³-hybridized carbons (Fsp3) is 0.457. The van der Waals surface area contributed by atoms with E-state index in [1.165, 1.54) is 18.5 Å². The second kappa shape index (κ2) is 10.4. The van der Waals surface area contributed by atoms with Gasteiger partial charge >= 0.3 is 12.2 Å². The number of benzene rings is 2. The zero-order chi connectivity index (χ0) is 34.8. The van der Waals surface area contributed by atoms with Crippen LogP contribution in [0.1, 0.15) is 71.1 Å². The van der Waals surface area contributed by atoms with Crippen LogP contribution in [0.15, 0.2) is 18.5 Å². The number of piperazine rings is 1. The van der Waals surface area contributed by atoms with Crippen molar-refractivity contribution >= 4 is 55.3 Å². The normalized spacial score (nSPS) is 22.3. The van der Waals surface area contributed by atoms with E-state index in [2.05, 4.69) is 26.3 Å². The lowest BCUT2D eigenvalue weighted by atomic mass is 9.52. The first-order chi connectivity index (χ1) is 23.1. The molecule has 2 saturated heterocycles. The third-order valence-electron chi connectivity index (χ3n) is 9.86. The molecule has 2 aromatic carbocycles. The number of nitriles is 1. The zero-order valence-electron chi connectivity index (χ0n) is 27.9. The van der Waals surface area contributed by atoms with E-state index in [4.69, 9.17) is 14.2 Å². The van der Waals surface area contributed by atoms with E-state index in [0.29, 0.717) is 33.6 Å². The second-order valence-corrected chi connectivity index (χ2v) is 16.0. The number of rotatable bonds is 3. The van der Waals surface area contributed by atoms with Crippen LogP contribution in [0.25, 0.3) is 32.1 Å². The molecule has 14 heteroatoms. The minimum Gasteiger partial charge on any atom is -0.444 e. The van der Waals surface area contributed by atoms with Gasteiger partial charge in [-0.3, -0.25) is 10.2 Å². The first-order valence-electron chi connectivity index (χ1n) is 16.1. The fourth-order valence-corrected chi connectivity index (χ4v) is 8.99. The van der Waals surface area contributed by atoms with E-state index >= 15 is 8.78 Å². The molecular formula is C35H34F2N6O5S. The average Bonchev–Trinajstić information content (AvgIpc) is 3.59. The third kappa shape index (κ3) is 4.51. The first-order valence-corrected chi connectivity index (χ1v) is 17.0. The van der Waals surface area contributed by atoms with Crippen LogP contribution in [0, 0.1) is 23.0 Å². The van der Waals surface area contributed by atoms with Crippen molar-refractivity contribution < 1.29 is 32.6 Å². The largest absolute Gasteiger partial charge is 0.444 e. The van der Waals surface area contributed by atoms with Crippen LogP contribution in [0.2, 0.25) is 0 Å². The van der Waals surface area contributed by atoms with Crippen molar-refractivity contribution in [2.75, 3.05) is 16.8 Å². The number of halogens is 2. The Morgan fingerprint density at radius 3 is 2.43 bits per heavy atom. The highest BCUT2D eigenvalue weighted by Gasteiger charge is 2.77. The van der Waals surface area contributed by atoms with Crippen molar-refractivity contribution in [3.63, 3.8) is 0 Å². The van der Waals surface area contributed by atoms with Crippen molar-refractivity contribution in [1.82, 2.24) is 14.9 Å². The summed E-state index contributed by atoms with van der Waals surface area (Å²) >= 11 is 1.07. The number of piperidine rings is 1. The summed E-state index contributed by atoms with van der Waals surface area (Å²) in [5.74, 6) is -0.927. The van der Waals surface area contributed by atoms with E-state index in [1.807, 2.05) is 25.7 Å². The molecule has 2 amide bonds. The van der Waals surface area contributed by atoms with Gasteiger partial charge in [0.25, 0.3) is 0 Å². The van der Waals surface area contributed by atoms with Crippen LogP contribution in [0.4, 0.5) is 29.2 Å². The highest BCUT2D eigenvalue weighted by atomic mass is 32.1. The number of likely N-dealkylation sites (tertiary alicyclic amines) is 1. The minimum atomic E-state index is -0.785. The summed E-state index contributed by atoms with van der Waals surface area (Å²) in [6, 6.07) is 4.80. The Labute approximate surface area is 284 Å². The fourth-order valence-electron chi connectivity index (χ4n) is 7.95. The molecule has 8 rings (SSSR count). The van der Waals surface area contributed by atoms with Crippen LogP contribution in [-0.2, 0) is 27.4 Å². The molecule has 3 atom stereocenters. The minimum absolute atomic E-state index is 0.00248. The van der Waals surface area contributed by atoms with Gasteiger partial charge in [-0.05, 0) is 77.6 Å². The highest BCUT2D eigenvalue weighted by Crippen LogP contribution is 2.62. The maximum Gasteiger partial charge on any atom is 0.412 e. The molecule has 1 saturated carbocycles. The van der Waals surface area contributed by atoms with Gasteiger partial charge in [0.1, 0.15) is 45.8 Å². The maximum atomic E-state index is 17.1. The van der Waals surface area contributed by atoms with Gasteiger partial charge in [0, 0.05) is 27.8 Å². The third-order valence-corrected chi connectivity index (χ3v) is 10.9. The second-order valence-electron chi connectivity index (χ2n) is 15.0. The Morgan fingerprint density at radius 2 is 1.78 bits per heavy atom. The zero-order valence-corrected chi connectivity index (χ0v) is 28.7. The number of carbonyl (C=O) groups excluding carboxylic acids is 2. The van der Waals surface area contributed by atoms with Crippen molar-refractivity contribution in [2.24, 2.45) is 0 Å². The Morgan fingerprint density at radius 1 is 1.04 bits per heavy atom. The summed E-state index contributed by atoms with van der Waals surface area (Å²) in [5.41, 5.74) is -0.755. The number of aromatic nitrogens is 2. The van der Waals surface area contributed by atoms with E-state index in [0.717, 1.165) is 24.2 Å². The molecule has 254 valence electrons. The van der Waals surface area contributed by atoms with Gasteiger partial charge < -0.3 is 19.1 Å². The monoisotopic (exact) mass is 688 g/mol. The Hall–Kier alpha value is -4.61. The van der Waals surface area contributed by atoms with Gasteiger partial charge in [0.05, 0.1) is 41.8 Å². The quantitative estimate of drug-likeness (QED) is 0.234. The van der Waals surface area contributed by atoms with Crippen LogP contribution >= 0.6 is 11.3 Å². The molecule has 3 fully saturated rings. The number of hydrogen-bond acceptors (Lipinski definition) is 10. The average molecular weight is 689 g/mol. The molecule has 11 nitrogen and oxygen atoms in total. The maximum absolute atomic E-state index is 17.1. The van der Waals surface area contributed by atoms with E-state index < -0.39 is 28.9 Å². The number of fused-ring (bicyclic) bond motifs is 4. The SMILES string of the molecule is CC(C)(C)OC(=O)Nc1sc2ccc(F)c(-c3c4c(c5c(N6C7CCC78C6CN8C(=O)OC(C)(C)C)ncnc5c3F)COC4)c2c1C#N. The molecule has 3 unspecified atom stereocenters. The van der Waals surface area contributed by atoms with Gasteiger partial charge in [-0.25, -0.2) is 28.3 Å². The van der Waals surface area contributed by atoms with Gasteiger partial charge in [0.15, 0.2) is 5.82 Å². The topological polar surface area (TPSA) is 130 Å². The van der Waals surface area contributed by atoms with Crippen LogP contribution in [0.3, 0.4) is 0 Å².